The Kier molecular flexibility index (Phi) is 3.38. The number of anilines is 1. The third kappa shape index (κ3) is 2.01. The molecule has 0 spiro atoms. The Balaban J connectivity index is 2.63. The second-order valence-electron chi connectivity index (χ2n) is 4.98. The van der Waals surface area contributed by atoms with Gasteiger partial charge in [-0.2, -0.15) is 0 Å². The fourth-order valence-corrected chi connectivity index (χ4v) is 4.82. The first kappa shape index (κ1) is 13.4. The number of rotatable bonds is 2. The summed E-state index contributed by atoms with van der Waals surface area (Å²) in [5.74, 6) is 0. The van der Waals surface area contributed by atoms with E-state index in [0.29, 0.717) is 10.6 Å². The highest BCUT2D eigenvalue weighted by Gasteiger charge is 2.38. The summed E-state index contributed by atoms with van der Waals surface area (Å²) in [5.41, 5.74) is 2.60. The smallest absolute Gasteiger partial charge is 0.185 e. The largest absolute Gasteiger partial charge is 0.396 e. The van der Waals surface area contributed by atoms with Gasteiger partial charge in [0.05, 0.1) is 15.8 Å². The average Bonchev–Trinajstić information content (AvgIpc) is 2.26. The molecule has 5 heteroatoms. The summed E-state index contributed by atoms with van der Waals surface area (Å²) >= 11 is 0. The predicted molar refractivity (Wildman–Crippen MR) is 71.7 cm³/mol. The quantitative estimate of drug-likeness (QED) is 0.856. The highest BCUT2D eigenvalue weighted by molar-refractivity contribution is 7.92. The van der Waals surface area contributed by atoms with Crippen molar-refractivity contribution in [3.05, 3.63) is 23.3 Å². The van der Waals surface area contributed by atoms with E-state index in [0.717, 1.165) is 11.1 Å². The summed E-state index contributed by atoms with van der Waals surface area (Å²) in [7, 11) is -3.36. The molecule has 1 aliphatic heterocycles. The molecule has 2 rings (SSSR count). The van der Waals surface area contributed by atoms with E-state index in [1.165, 1.54) is 0 Å². The van der Waals surface area contributed by atoms with Crippen LogP contribution in [0.15, 0.2) is 17.0 Å². The molecule has 2 atom stereocenters. The Hall–Kier alpha value is -1.07. The molecule has 1 heterocycles. The van der Waals surface area contributed by atoms with Crippen molar-refractivity contribution >= 4 is 15.5 Å². The first-order chi connectivity index (χ1) is 8.37. The Bertz CT molecular complexity index is 566. The van der Waals surface area contributed by atoms with E-state index in [9.17, 15) is 8.42 Å². The molecule has 18 heavy (non-hydrogen) atoms. The van der Waals surface area contributed by atoms with Crippen LogP contribution in [0.2, 0.25) is 0 Å². The van der Waals surface area contributed by atoms with Gasteiger partial charge in [-0.05, 0) is 44.4 Å². The van der Waals surface area contributed by atoms with Gasteiger partial charge in [0.25, 0.3) is 0 Å². The van der Waals surface area contributed by atoms with Crippen molar-refractivity contribution in [3.63, 3.8) is 0 Å². The highest BCUT2D eigenvalue weighted by atomic mass is 32.2. The molecular weight excluding hydrogens is 250 g/mol. The van der Waals surface area contributed by atoms with Crippen LogP contribution in [0.3, 0.4) is 0 Å². The summed E-state index contributed by atoms with van der Waals surface area (Å²) in [6, 6.07) is 3.50. The third-order valence-electron chi connectivity index (χ3n) is 3.49. The van der Waals surface area contributed by atoms with Crippen LogP contribution in [0.25, 0.3) is 0 Å². The number of nitrogens with one attached hydrogen (secondary N) is 1. The van der Waals surface area contributed by atoms with E-state index in [4.69, 9.17) is 5.11 Å². The number of fused-ring (bicyclic) bond motifs is 1. The van der Waals surface area contributed by atoms with Gasteiger partial charge < -0.3 is 10.4 Å². The minimum absolute atomic E-state index is 0.115. The zero-order chi connectivity index (χ0) is 13.5. The molecule has 0 saturated heterocycles. The van der Waals surface area contributed by atoms with E-state index in [-0.39, 0.29) is 19.1 Å². The summed E-state index contributed by atoms with van der Waals surface area (Å²) in [6.45, 7) is 5.53. The number of hydrogen-bond acceptors (Lipinski definition) is 4. The predicted octanol–water partition coefficient (Wildman–Crippen LogP) is 1.64. The molecule has 2 N–H and O–H groups in total. The molecule has 2 unspecified atom stereocenters. The lowest BCUT2D eigenvalue weighted by molar-refractivity contribution is 0.282. The molecule has 100 valence electrons. The number of aryl methyl sites for hydroxylation is 2. The van der Waals surface area contributed by atoms with Crippen LogP contribution in [0.5, 0.6) is 0 Å². The van der Waals surface area contributed by atoms with Gasteiger partial charge >= 0.3 is 0 Å². The van der Waals surface area contributed by atoms with E-state index < -0.39 is 15.1 Å². The monoisotopic (exact) mass is 269 g/mol. The average molecular weight is 269 g/mol. The van der Waals surface area contributed by atoms with Crippen LogP contribution in [0.4, 0.5) is 5.69 Å². The van der Waals surface area contributed by atoms with Crippen molar-refractivity contribution in [1.82, 2.24) is 0 Å². The van der Waals surface area contributed by atoms with Gasteiger partial charge in [-0.1, -0.05) is 6.07 Å². The van der Waals surface area contributed by atoms with Crippen LogP contribution in [0, 0.1) is 13.8 Å². The molecule has 0 radical (unpaired) electrons. The SMILES string of the molecule is Cc1cc(C)c2c(c1)S(=O)(=O)C(CCO)C(C)N2. The number of sulfone groups is 1. The lowest BCUT2D eigenvalue weighted by Gasteiger charge is -2.33. The first-order valence-corrected chi connectivity index (χ1v) is 7.65. The molecule has 4 nitrogen and oxygen atoms in total. The lowest BCUT2D eigenvalue weighted by atomic mass is 10.1. The maximum Gasteiger partial charge on any atom is 0.185 e. The van der Waals surface area contributed by atoms with Gasteiger partial charge in [-0.15, -0.1) is 0 Å². The molecule has 1 aromatic rings. The molecule has 0 aliphatic carbocycles. The highest BCUT2D eigenvalue weighted by Crippen LogP contribution is 2.36. The summed E-state index contributed by atoms with van der Waals surface area (Å²) < 4.78 is 25.1. The normalized spacial score (nSPS) is 25.3. The number of hydrogen-bond donors (Lipinski definition) is 2. The first-order valence-electron chi connectivity index (χ1n) is 6.10. The van der Waals surface area contributed by atoms with Crippen LogP contribution >= 0.6 is 0 Å². The molecule has 1 aliphatic rings. The fraction of sp³-hybridized carbons (Fsp3) is 0.538. The number of aliphatic hydroxyl groups is 1. The van der Waals surface area contributed by atoms with Crippen LogP contribution in [0.1, 0.15) is 24.5 Å². The van der Waals surface area contributed by atoms with Crippen molar-refractivity contribution in [2.45, 2.75) is 43.4 Å². The van der Waals surface area contributed by atoms with Gasteiger partial charge in [0.15, 0.2) is 9.84 Å². The van der Waals surface area contributed by atoms with E-state index in [2.05, 4.69) is 5.32 Å². The van der Waals surface area contributed by atoms with Crippen molar-refractivity contribution in [2.24, 2.45) is 0 Å². The Morgan fingerprint density at radius 1 is 1.33 bits per heavy atom. The van der Waals surface area contributed by atoms with Crippen molar-refractivity contribution in [3.8, 4) is 0 Å². The van der Waals surface area contributed by atoms with Gasteiger partial charge in [0.1, 0.15) is 0 Å². The maximum atomic E-state index is 12.6. The third-order valence-corrected chi connectivity index (χ3v) is 5.87. The minimum atomic E-state index is -3.36. The Labute approximate surface area is 108 Å². The molecule has 0 saturated carbocycles. The van der Waals surface area contributed by atoms with Crippen molar-refractivity contribution < 1.29 is 13.5 Å². The standard InChI is InChI=1S/C13H19NO3S/c1-8-6-9(2)13-12(7-8)18(16,17)11(4-5-15)10(3)14-13/h6-7,10-11,14-15H,4-5H2,1-3H3. The lowest BCUT2D eigenvalue weighted by Crippen LogP contribution is -2.42. The van der Waals surface area contributed by atoms with Gasteiger partial charge in [-0.3, -0.25) is 0 Å². The number of aliphatic hydroxyl groups excluding tert-OH is 1. The molecule has 0 fully saturated rings. The zero-order valence-electron chi connectivity index (χ0n) is 10.9. The maximum absolute atomic E-state index is 12.6. The van der Waals surface area contributed by atoms with Crippen LogP contribution in [-0.2, 0) is 9.84 Å². The second-order valence-corrected chi connectivity index (χ2v) is 7.12. The van der Waals surface area contributed by atoms with E-state index >= 15 is 0 Å². The van der Waals surface area contributed by atoms with Crippen LogP contribution < -0.4 is 5.32 Å². The van der Waals surface area contributed by atoms with Gasteiger partial charge in [-0.25, -0.2) is 8.42 Å². The number of benzene rings is 1. The van der Waals surface area contributed by atoms with Crippen LogP contribution in [-0.4, -0.2) is 31.4 Å². The molecular formula is C13H19NO3S. The van der Waals surface area contributed by atoms with E-state index in [1.54, 1.807) is 6.07 Å². The molecule has 1 aromatic carbocycles. The van der Waals surface area contributed by atoms with E-state index in [1.807, 2.05) is 26.8 Å². The summed E-state index contributed by atoms with van der Waals surface area (Å²) in [5, 5.41) is 11.7. The topological polar surface area (TPSA) is 66.4 Å². The summed E-state index contributed by atoms with van der Waals surface area (Å²) in [6.07, 6.45) is 0.267. The fourth-order valence-electron chi connectivity index (χ4n) is 2.62. The zero-order valence-corrected chi connectivity index (χ0v) is 11.7. The van der Waals surface area contributed by atoms with Gasteiger partial charge in [0.2, 0.25) is 0 Å². The van der Waals surface area contributed by atoms with Crippen molar-refractivity contribution in [1.29, 1.82) is 0 Å². The summed E-state index contributed by atoms with van der Waals surface area (Å²) in [4.78, 5) is 0.372. The Morgan fingerprint density at radius 2 is 2.00 bits per heavy atom. The molecule has 0 aromatic heterocycles. The van der Waals surface area contributed by atoms with Gasteiger partial charge in [0, 0.05) is 12.6 Å². The Morgan fingerprint density at radius 3 is 2.61 bits per heavy atom. The molecule has 0 bridgehead atoms. The second kappa shape index (κ2) is 4.55. The van der Waals surface area contributed by atoms with Crippen molar-refractivity contribution in [2.75, 3.05) is 11.9 Å². The molecule has 0 amide bonds. The minimum Gasteiger partial charge on any atom is -0.396 e.